The Labute approximate surface area is 192 Å². The van der Waals surface area contributed by atoms with E-state index in [1.54, 1.807) is 13.0 Å². The fraction of sp³-hybridized carbons (Fsp3) is 0.409. The van der Waals surface area contributed by atoms with Crippen LogP contribution in [-0.2, 0) is 0 Å². The van der Waals surface area contributed by atoms with Crippen molar-refractivity contribution in [3.05, 3.63) is 42.1 Å². The van der Waals surface area contributed by atoms with Crippen LogP contribution in [0.1, 0.15) is 12.1 Å². The highest BCUT2D eigenvalue weighted by molar-refractivity contribution is 5.77. The molecule has 4 atom stereocenters. The van der Waals surface area contributed by atoms with Crippen molar-refractivity contribution in [2.24, 2.45) is 5.92 Å². The minimum atomic E-state index is -4.47. The average Bonchev–Trinajstić information content (AvgIpc) is 3.38. The van der Waals surface area contributed by atoms with Crippen LogP contribution in [0.2, 0.25) is 0 Å². The van der Waals surface area contributed by atoms with Crippen LogP contribution < -0.4 is 10.6 Å². The maximum atomic E-state index is 12.7. The molecule has 0 amide bonds. The Morgan fingerprint density at radius 2 is 1.85 bits per heavy atom. The van der Waals surface area contributed by atoms with Crippen molar-refractivity contribution in [3.8, 4) is 22.6 Å². The minimum absolute atomic E-state index is 0.0998. The Morgan fingerprint density at radius 3 is 2.50 bits per heavy atom. The molecular weight excluding hydrogens is 455 g/mol. The van der Waals surface area contributed by atoms with E-state index in [0.29, 0.717) is 17.0 Å². The van der Waals surface area contributed by atoms with Gasteiger partial charge in [-0.2, -0.15) is 18.2 Å². The van der Waals surface area contributed by atoms with Crippen LogP contribution >= 0.6 is 0 Å². The molecule has 0 radical (unpaired) electrons. The number of halogens is 3. The zero-order valence-corrected chi connectivity index (χ0v) is 18.1. The van der Waals surface area contributed by atoms with Gasteiger partial charge < -0.3 is 30.5 Å². The van der Waals surface area contributed by atoms with E-state index in [1.165, 1.54) is 0 Å². The smallest absolute Gasteiger partial charge is 0.396 e. The van der Waals surface area contributed by atoms with Crippen molar-refractivity contribution >= 4 is 11.8 Å². The zero-order chi connectivity index (χ0) is 24.5. The molecule has 4 rings (SSSR count). The number of alkyl halides is 3. The number of nitrogens with zero attached hydrogens (tertiary/aromatic N) is 3. The van der Waals surface area contributed by atoms with Gasteiger partial charge >= 0.3 is 6.18 Å². The van der Waals surface area contributed by atoms with Crippen LogP contribution in [0.25, 0.3) is 22.6 Å². The number of anilines is 2. The number of aromatic nitrogens is 3. The van der Waals surface area contributed by atoms with Gasteiger partial charge in [0.05, 0.1) is 23.4 Å². The highest BCUT2D eigenvalue weighted by Gasteiger charge is 2.41. The summed E-state index contributed by atoms with van der Waals surface area (Å²) < 4.78 is 43.7. The number of hydrogen-bond donors (Lipinski definition) is 5. The molecule has 0 aliphatic heterocycles. The first-order valence-electron chi connectivity index (χ1n) is 10.6. The average molecular weight is 479 g/mol. The van der Waals surface area contributed by atoms with Crippen molar-refractivity contribution in [1.29, 1.82) is 0 Å². The van der Waals surface area contributed by atoms with Gasteiger partial charge in [-0.05, 0) is 13.3 Å². The van der Waals surface area contributed by atoms with Crippen molar-refractivity contribution in [3.63, 3.8) is 0 Å². The molecule has 182 valence electrons. The topological polar surface area (TPSA) is 137 Å². The fourth-order valence-electron chi connectivity index (χ4n) is 3.99. The number of hydrogen-bond acceptors (Lipinski definition) is 9. The van der Waals surface area contributed by atoms with E-state index in [0.717, 1.165) is 5.56 Å². The zero-order valence-electron chi connectivity index (χ0n) is 18.1. The van der Waals surface area contributed by atoms with Gasteiger partial charge in [-0.25, -0.2) is 4.98 Å². The molecule has 0 unspecified atom stereocenters. The second-order valence-corrected chi connectivity index (χ2v) is 8.18. The second-order valence-electron chi connectivity index (χ2n) is 8.18. The van der Waals surface area contributed by atoms with Crippen molar-refractivity contribution in [2.45, 2.75) is 37.8 Å². The fourth-order valence-corrected chi connectivity index (χ4v) is 3.99. The minimum Gasteiger partial charge on any atom is -0.396 e. The van der Waals surface area contributed by atoms with Gasteiger partial charge in [-0.3, -0.25) is 0 Å². The highest BCUT2D eigenvalue weighted by atomic mass is 19.4. The summed E-state index contributed by atoms with van der Waals surface area (Å²) in [4.78, 5) is 8.33. The first-order chi connectivity index (χ1) is 16.2. The summed E-state index contributed by atoms with van der Waals surface area (Å²) >= 11 is 0. The van der Waals surface area contributed by atoms with E-state index in [9.17, 15) is 28.5 Å². The maximum absolute atomic E-state index is 12.7. The van der Waals surface area contributed by atoms with Crippen molar-refractivity contribution < 1.29 is 33.0 Å². The largest absolute Gasteiger partial charge is 0.405 e. The lowest BCUT2D eigenvalue weighted by molar-refractivity contribution is -0.115. The normalized spacial score (nSPS) is 22.7. The molecule has 0 spiro atoms. The third-order valence-corrected chi connectivity index (χ3v) is 5.72. The lowest BCUT2D eigenvalue weighted by Crippen LogP contribution is -2.36. The van der Waals surface area contributed by atoms with Crippen LogP contribution in [0.3, 0.4) is 0 Å². The monoisotopic (exact) mass is 479 g/mol. The molecule has 9 nitrogen and oxygen atoms in total. The molecule has 3 aromatic rings. The summed E-state index contributed by atoms with van der Waals surface area (Å²) in [6.45, 7) is -0.0713. The SMILES string of the molecule is Cc1nc(NCC(F)(F)F)nc(N[C@@H]2C[C@H](CO)[C@@H](O)[C@H]2O)c1-c1cc(-c2ccccc2)no1. The molecule has 2 aromatic heterocycles. The summed E-state index contributed by atoms with van der Waals surface area (Å²) in [5.41, 5.74) is 2.00. The quantitative estimate of drug-likeness (QED) is 0.346. The number of aliphatic hydroxyl groups excluding tert-OH is 3. The van der Waals surface area contributed by atoms with E-state index in [1.807, 2.05) is 30.3 Å². The van der Waals surface area contributed by atoms with Gasteiger partial charge in [0, 0.05) is 24.2 Å². The van der Waals surface area contributed by atoms with E-state index in [2.05, 4.69) is 25.8 Å². The second kappa shape index (κ2) is 9.57. The Hall–Kier alpha value is -3.22. The molecule has 1 fully saturated rings. The Kier molecular flexibility index (Phi) is 6.73. The molecule has 0 saturated heterocycles. The van der Waals surface area contributed by atoms with Crippen LogP contribution in [0.15, 0.2) is 40.9 Å². The molecule has 0 bridgehead atoms. The van der Waals surface area contributed by atoms with Gasteiger partial charge in [0.2, 0.25) is 5.95 Å². The van der Waals surface area contributed by atoms with Gasteiger partial charge in [-0.1, -0.05) is 35.5 Å². The van der Waals surface area contributed by atoms with Gasteiger partial charge in [-0.15, -0.1) is 0 Å². The number of nitrogens with one attached hydrogen (secondary N) is 2. The number of benzene rings is 1. The summed E-state index contributed by atoms with van der Waals surface area (Å²) in [6, 6.07) is 10.2. The van der Waals surface area contributed by atoms with Crippen LogP contribution in [0.4, 0.5) is 24.9 Å². The summed E-state index contributed by atoms with van der Waals surface area (Å²) in [7, 11) is 0. The molecule has 1 aliphatic carbocycles. The summed E-state index contributed by atoms with van der Waals surface area (Å²) in [6.07, 6.45) is -6.63. The maximum Gasteiger partial charge on any atom is 0.405 e. The van der Waals surface area contributed by atoms with E-state index in [4.69, 9.17) is 4.52 Å². The third-order valence-electron chi connectivity index (χ3n) is 5.72. The van der Waals surface area contributed by atoms with Gasteiger partial charge in [0.1, 0.15) is 24.2 Å². The Morgan fingerprint density at radius 1 is 1.12 bits per heavy atom. The van der Waals surface area contributed by atoms with Crippen LogP contribution in [0.5, 0.6) is 0 Å². The number of rotatable bonds is 7. The lowest BCUT2D eigenvalue weighted by atomic mass is 10.1. The summed E-state index contributed by atoms with van der Waals surface area (Å²) in [5.74, 6) is -0.456. The summed E-state index contributed by atoms with van der Waals surface area (Å²) in [5, 5.41) is 39.3. The van der Waals surface area contributed by atoms with E-state index in [-0.39, 0.29) is 30.6 Å². The molecule has 2 heterocycles. The predicted molar refractivity (Wildman–Crippen MR) is 117 cm³/mol. The van der Waals surface area contributed by atoms with E-state index >= 15 is 0 Å². The van der Waals surface area contributed by atoms with Crippen LogP contribution in [-0.4, -0.2) is 68.0 Å². The molecule has 1 saturated carbocycles. The van der Waals surface area contributed by atoms with Gasteiger partial charge in [0.15, 0.2) is 5.76 Å². The molecule has 12 heteroatoms. The molecular formula is C22H24F3N5O4. The standard InChI is InChI=1S/C22H24F3N5O4/c1-11-17(16-8-14(30-34-16)12-5-3-2-4-6-12)20(29-21(27-11)26-10-22(23,24)25)28-15-7-13(9-31)18(32)19(15)33/h2-6,8,13,15,18-19,31-33H,7,9-10H2,1H3,(H2,26,27,28,29)/t13-,15-,18-,19+/m1/s1. The van der Waals surface area contributed by atoms with E-state index < -0.39 is 36.9 Å². The Bertz CT molecular complexity index is 1130. The first kappa shape index (κ1) is 23.9. The van der Waals surface area contributed by atoms with Crippen LogP contribution in [0, 0.1) is 12.8 Å². The van der Waals surface area contributed by atoms with Crippen molar-refractivity contribution in [2.75, 3.05) is 23.8 Å². The molecule has 5 N–H and O–H groups in total. The lowest BCUT2D eigenvalue weighted by Gasteiger charge is -2.21. The highest BCUT2D eigenvalue weighted by Crippen LogP contribution is 2.36. The number of aryl methyl sites for hydroxylation is 1. The molecule has 34 heavy (non-hydrogen) atoms. The van der Waals surface area contributed by atoms with Gasteiger partial charge in [0.25, 0.3) is 0 Å². The first-order valence-corrected chi connectivity index (χ1v) is 10.6. The third kappa shape index (κ3) is 5.13. The number of aliphatic hydroxyl groups is 3. The molecule has 1 aromatic carbocycles. The molecule has 1 aliphatic rings. The predicted octanol–water partition coefficient (Wildman–Crippen LogP) is 2.60. The Balaban J connectivity index is 1.71. The van der Waals surface area contributed by atoms with Crippen molar-refractivity contribution in [1.82, 2.24) is 15.1 Å².